The van der Waals surface area contributed by atoms with Crippen molar-refractivity contribution in [1.82, 2.24) is 24.5 Å². The van der Waals surface area contributed by atoms with E-state index in [1.54, 1.807) is 24.4 Å². The summed E-state index contributed by atoms with van der Waals surface area (Å²) in [5.41, 5.74) is 5.69. The molecule has 8 rings (SSSR count). The molecule has 3 aromatic carbocycles. The van der Waals surface area contributed by atoms with E-state index in [1.807, 2.05) is 25.1 Å². The fourth-order valence-corrected chi connectivity index (χ4v) is 11.5. The quantitative estimate of drug-likeness (QED) is 0.0715. The van der Waals surface area contributed by atoms with Gasteiger partial charge in [0, 0.05) is 114 Å². The zero-order chi connectivity index (χ0) is 46.1. The van der Waals surface area contributed by atoms with Crippen LogP contribution in [-0.4, -0.2) is 107 Å². The number of pyridine rings is 1. The lowest BCUT2D eigenvalue weighted by atomic mass is 9.72. The van der Waals surface area contributed by atoms with Crippen LogP contribution >= 0.6 is 11.6 Å². The SMILES string of the molecule is C[C@H](Cc1ccc(S(=O)(=O)NC(=O)c2ccc(N3CCN(CC4=C(c5ccc(Cl)cc5)CC(C)(C)CC4)CC3)cc2Oc2cnc3[nH]ccc3c2)cc1[N+](=O)[O-])CN1CCS(=N)(=O)CC1. The van der Waals surface area contributed by atoms with Crippen molar-refractivity contribution in [3.8, 4) is 11.5 Å². The Kier molecular flexibility index (Phi) is 13.4. The second kappa shape index (κ2) is 18.9. The van der Waals surface area contributed by atoms with Gasteiger partial charge in [-0.25, -0.2) is 22.3 Å². The van der Waals surface area contributed by atoms with Gasteiger partial charge in [-0.3, -0.25) is 24.6 Å². The summed E-state index contributed by atoms with van der Waals surface area (Å²) in [7, 11) is -7.14. The van der Waals surface area contributed by atoms with Crippen LogP contribution in [0.25, 0.3) is 16.6 Å². The number of amides is 1. The Morgan fingerprint density at radius 3 is 2.48 bits per heavy atom. The molecular weight excluding hydrogens is 888 g/mol. The molecule has 2 saturated heterocycles. The number of hydrogen-bond donors (Lipinski definition) is 3. The molecule has 3 N–H and O–H groups in total. The Bertz CT molecular complexity index is 2840. The zero-order valence-electron chi connectivity index (χ0n) is 36.8. The number of nitrogens with zero attached hydrogens (tertiary/aromatic N) is 5. The molecule has 344 valence electrons. The first-order valence-electron chi connectivity index (χ1n) is 21.9. The number of rotatable bonds is 14. The number of H-pyrrole nitrogens is 1. The number of ether oxygens (including phenoxy) is 1. The number of carbonyl (C=O) groups excluding carboxylic acids is 1. The number of aromatic nitrogens is 2. The highest BCUT2D eigenvalue weighted by atomic mass is 35.5. The number of anilines is 1. The fraction of sp³-hybridized carbons (Fsp3) is 0.404. The topological polar surface area (TPSA) is 195 Å². The summed E-state index contributed by atoms with van der Waals surface area (Å²) >= 11 is 6.24. The zero-order valence-corrected chi connectivity index (χ0v) is 39.2. The van der Waals surface area contributed by atoms with Crippen LogP contribution in [0.5, 0.6) is 11.5 Å². The average molecular weight is 944 g/mol. The maximum Gasteiger partial charge on any atom is 0.273 e. The van der Waals surface area contributed by atoms with Crippen molar-refractivity contribution >= 4 is 65.2 Å². The first-order valence-corrected chi connectivity index (χ1v) is 25.7. The van der Waals surface area contributed by atoms with E-state index in [-0.39, 0.29) is 28.3 Å². The fourth-order valence-electron chi connectivity index (χ4n) is 9.10. The van der Waals surface area contributed by atoms with Gasteiger partial charge in [0.25, 0.3) is 21.6 Å². The van der Waals surface area contributed by atoms with E-state index in [2.05, 4.69) is 55.4 Å². The van der Waals surface area contributed by atoms with Crippen LogP contribution in [-0.2, 0) is 26.2 Å². The molecule has 1 amide bonds. The van der Waals surface area contributed by atoms with Gasteiger partial charge in [0.1, 0.15) is 17.1 Å². The second-order valence-corrected chi connectivity index (χ2v) is 22.9. The summed E-state index contributed by atoms with van der Waals surface area (Å²) < 4.78 is 56.0. The predicted molar refractivity (Wildman–Crippen MR) is 255 cm³/mol. The Morgan fingerprint density at radius 2 is 1.75 bits per heavy atom. The molecule has 2 aliphatic heterocycles. The van der Waals surface area contributed by atoms with Crippen molar-refractivity contribution in [1.29, 1.82) is 4.78 Å². The number of benzene rings is 3. The number of aromatic amines is 1. The third kappa shape index (κ3) is 11.2. The Morgan fingerprint density at radius 1 is 1.02 bits per heavy atom. The summed E-state index contributed by atoms with van der Waals surface area (Å²) in [6, 6.07) is 20.5. The van der Waals surface area contributed by atoms with Crippen molar-refractivity contribution < 1.29 is 27.1 Å². The molecule has 0 spiro atoms. The van der Waals surface area contributed by atoms with Crippen LogP contribution in [0.1, 0.15) is 61.5 Å². The molecule has 15 nitrogen and oxygen atoms in total. The third-order valence-corrected chi connectivity index (χ3v) is 16.0. The van der Waals surface area contributed by atoms with Gasteiger partial charge in [0.05, 0.1) is 21.6 Å². The first kappa shape index (κ1) is 46.2. The minimum Gasteiger partial charge on any atom is -0.455 e. The molecule has 0 saturated carbocycles. The molecule has 1 atom stereocenters. The summed E-state index contributed by atoms with van der Waals surface area (Å²) in [6.45, 7) is 12.1. The lowest BCUT2D eigenvalue weighted by Crippen LogP contribution is -2.47. The summed E-state index contributed by atoms with van der Waals surface area (Å²) in [6.07, 6.45) is 6.74. The van der Waals surface area contributed by atoms with Crippen molar-refractivity contribution in [3.05, 3.63) is 123 Å². The standard InChI is InChI=1S/C47H55ClN8O7S2/c1-32(30-54-20-22-64(49,60)23-21-54)24-34-6-10-40(27-43(34)56(58)59)65(61,62)52-46(57)41-11-9-38(26-44(41)63-39-25-35-13-15-50-45(35)51-29-39)55-18-16-53(17-19-55)31-36-12-14-47(2,3)28-42(36)33-4-7-37(48)8-5-33/h4-11,13,15,25-27,29,32,49H,12,14,16-24,28,30-31H2,1-3H3,(H,50,51)(H,52,57)/t32-/m1/s1. The minimum absolute atomic E-state index is 0.0461. The van der Waals surface area contributed by atoms with Crippen LogP contribution in [0.3, 0.4) is 0 Å². The largest absolute Gasteiger partial charge is 0.455 e. The highest BCUT2D eigenvalue weighted by Crippen LogP contribution is 2.43. The van der Waals surface area contributed by atoms with E-state index in [0.717, 1.165) is 61.1 Å². The van der Waals surface area contributed by atoms with Crippen LogP contribution in [0.2, 0.25) is 5.02 Å². The molecule has 65 heavy (non-hydrogen) atoms. The minimum atomic E-state index is -4.59. The second-order valence-electron chi connectivity index (χ2n) is 18.4. The van der Waals surface area contributed by atoms with Gasteiger partial charge in [-0.1, -0.05) is 56.1 Å². The third-order valence-electron chi connectivity index (χ3n) is 12.7. The number of fused-ring (bicyclic) bond motifs is 1. The molecular formula is C47H55ClN8O7S2. The molecule has 2 fully saturated rings. The molecule has 0 radical (unpaired) electrons. The number of halogens is 1. The van der Waals surface area contributed by atoms with Gasteiger partial charge in [0.15, 0.2) is 0 Å². The molecule has 18 heteroatoms. The maximum absolute atomic E-state index is 14.0. The van der Waals surface area contributed by atoms with Crippen molar-refractivity contribution in [2.45, 2.75) is 51.3 Å². The number of nitrogens with one attached hydrogen (secondary N) is 3. The van der Waals surface area contributed by atoms with E-state index in [1.165, 1.54) is 41.1 Å². The van der Waals surface area contributed by atoms with Crippen molar-refractivity contribution in [2.24, 2.45) is 11.3 Å². The Labute approximate surface area is 385 Å². The molecule has 3 aliphatic rings. The van der Waals surface area contributed by atoms with Gasteiger partial charge < -0.3 is 19.5 Å². The number of hydrogen-bond acceptors (Lipinski definition) is 12. The van der Waals surface area contributed by atoms with Crippen LogP contribution < -0.4 is 14.4 Å². The van der Waals surface area contributed by atoms with Crippen molar-refractivity contribution in [3.63, 3.8) is 0 Å². The molecule has 5 aromatic rings. The van der Waals surface area contributed by atoms with Gasteiger partial charge in [-0.05, 0) is 90.6 Å². The first-order chi connectivity index (χ1) is 30.9. The number of carbonyl (C=O) groups is 1. The van der Waals surface area contributed by atoms with Crippen LogP contribution in [0.15, 0.2) is 95.7 Å². The smallest absolute Gasteiger partial charge is 0.273 e. The molecule has 1 aliphatic carbocycles. The predicted octanol–water partition coefficient (Wildman–Crippen LogP) is 8.36. The summed E-state index contributed by atoms with van der Waals surface area (Å²) in [4.78, 5) is 39.5. The number of nitro benzene ring substituents is 1. The lowest BCUT2D eigenvalue weighted by molar-refractivity contribution is -0.385. The average Bonchev–Trinajstić information content (AvgIpc) is 3.73. The monoisotopic (exact) mass is 942 g/mol. The van der Waals surface area contributed by atoms with Gasteiger partial charge >= 0.3 is 0 Å². The molecule has 0 bridgehead atoms. The van der Waals surface area contributed by atoms with E-state index >= 15 is 0 Å². The molecule has 0 unspecified atom stereocenters. The van der Waals surface area contributed by atoms with Gasteiger partial charge in [-0.2, -0.15) is 0 Å². The molecule has 2 aromatic heterocycles. The highest BCUT2D eigenvalue weighted by molar-refractivity contribution is 7.92. The van der Waals surface area contributed by atoms with E-state index in [4.69, 9.17) is 21.1 Å². The molecule has 4 heterocycles. The lowest BCUT2D eigenvalue weighted by Gasteiger charge is -2.39. The van der Waals surface area contributed by atoms with Crippen LogP contribution in [0, 0.1) is 26.2 Å². The van der Waals surface area contributed by atoms with E-state index in [9.17, 15) is 27.5 Å². The number of nitro groups is 1. The summed E-state index contributed by atoms with van der Waals surface area (Å²) in [5, 5.41) is 13.8. The normalized spacial score (nSPS) is 18.7. The van der Waals surface area contributed by atoms with Gasteiger partial charge in [-0.15, -0.1) is 0 Å². The number of piperazine rings is 1. The maximum atomic E-state index is 14.0. The van der Waals surface area contributed by atoms with Crippen molar-refractivity contribution in [2.75, 3.05) is 68.8 Å². The van der Waals surface area contributed by atoms with Gasteiger partial charge in [0.2, 0.25) is 0 Å². The van der Waals surface area contributed by atoms with E-state index < -0.39 is 35.5 Å². The Hall–Kier alpha value is -5.33. The number of allylic oxidation sites excluding steroid dienone is 1. The van der Waals surface area contributed by atoms with Crippen LogP contribution in [0.4, 0.5) is 11.4 Å². The summed E-state index contributed by atoms with van der Waals surface area (Å²) in [5.74, 6) is 0.0273. The Balaban J connectivity index is 0.989. The highest BCUT2D eigenvalue weighted by Gasteiger charge is 2.31. The number of sulfonamides is 1. The van der Waals surface area contributed by atoms with E-state index in [0.29, 0.717) is 67.6 Å².